The zero-order chi connectivity index (χ0) is 18.9. The van der Waals surface area contributed by atoms with E-state index < -0.39 is 5.82 Å². The predicted octanol–water partition coefficient (Wildman–Crippen LogP) is 2.67. The molecule has 0 spiro atoms. The number of aromatic hydroxyl groups is 1. The van der Waals surface area contributed by atoms with Crippen molar-refractivity contribution < 1.29 is 19.0 Å². The van der Waals surface area contributed by atoms with E-state index in [2.05, 4.69) is 15.6 Å². The average Bonchev–Trinajstić information content (AvgIpc) is 2.64. The van der Waals surface area contributed by atoms with Gasteiger partial charge < -0.3 is 25.2 Å². The number of methoxy groups -OCH3 is 1. The quantitative estimate of drug-likeness (QED) is 0.522. The topological polar surface area (TPSA) is 75.1 Å². The Kier molecular flexibility index (Phi) is 7.08. The van der Waals surface area contributed by atoms with E-state index in [0.717, 1.165) is 11.5 Å². The van der Waals surface area contributed by atoms with Crippen LogP contribution in [0.5, 0.6) is 17.2 Å². The standard InChI is InChI=1S/C19H24FN3O3/c1-13(26-16-6-4-5-15(10-16)25-3)11-22-19(21-2)23-12-14-7-8-18(24)17(20)9-14/h4-10,13,24H,11-12H2,1-3H3,(H2,21,22,23). The Morgan fingerprint density at radius 3 is 2.65 bits per heavy atom. The first-order valence-corrected chi connectivity index (χ1v) is 8.24. The molecule has 0 bridgehead atoms. The number of benzene rings is 2. The summed E-state index contributed by atoms with van der Waals surface area (Å²) in [6, 6.07) is 11.7. The Labute approximate surface area is 152 Å². The monoisotopic (exact) mass is 361 g/mol. The van der Waals surface area contributed by atoms with E-state index in [1.54, 1.807) is 20.2 Å². The number of nitrogens with zero attached hydrogens (tertiary/aromatic N) is 1. The second-order valence-corrected chi connectivity index (χ2v) is 5.70. The molecule has 0 fully saturated rings. The van der Waals surface area contributed by atoms with Crippen molar-refractivity contribution in [2.45, 2.75) is 19.6 Å². The van der Waals surface area contributed by atoms with E-state index in [-0.39, 0.29) is 11.9 Å². The van der Waals surface area contributed by atoms with Crippen molar-refractivity contribution in [1.82, 2.24) is 10.6 Å². The minimum Gasteiger partial charge on any atom is -0.505 e. The van der Waals surface area contributed by atoms with Crippen LogP contribution in [0.1, 0.15) is 12.5 Å². The molecule has 0 radical (unpaired) electrons. The number of hydrogen-bond acceptors (Lipinski definition) is 4. The minimum atomic E-state index is -0.646. The molecule has 2 aromatic rings. The van der Waals surface area contributed by atoms with E-state index in [9.17, 15) is 9.50 Å². The molecular formula is C19H24FN3O3. The normalized spacial score (nSPS) is 12.4. The number of halogens is 1. The highest BCUT2D eigenvalue weighted by molar-refractivity contribution is 5.79. The van der Waals surface area contributed by atoms with Crippen LogP contribution in [0.2, 0.25) is 0 Å². The summed E-state index contributed by atoms with van der Waals surface area (Å²) in [4.78, 5) is 4.13. The number of ether oxygens (including phenoxy) is 2. The summed E-state index contributed by atoms with van der Waals surface area (Å²) in [7, 11) is 3.26. The zero-order valence-electron chi connectivity index (χ0n) is 15.1. The second-order valence-electron chi connectivity index (χ2n) is 5.70. The van der Waals surface area contributed by atoms with Gasteiger partial charge in [0.1, 0.15) is 17.6 Å². The van der Waals surface area contributed by atoms with Gasteiger partial charge in [-0.3, -0.25) is 4.99 Å². The first-order valence-electron chi connectivity index (χ1n) is 8.24. The lowest BCUT2D eigenvalue weighted by Gasteiger charge is -2.18. The predicted molar refractivity (Wildman–Crippen MR) is 99.4 cm³/mol. The van der Waals surface area contributed by atoms with Gasteiger partial charge in [0.2, 0.25) is 0 Å². The van der Waals surface area contributed by atoms with E-state index in [1.807, 2.05) is 31.2 Å². The SMILES string of the molecule is CN=C(NCc1ccc(O)c(F)c1)NCC(C)Oc1cccc(OC)c1. The van der Waals surface area contributed by atoms with Crippen LogP contribution in [0, 0.1) is 5.82 Å². The summed E-state index contributed by atoms with van der Waals surface area (Å²) >= 11 is 0. The Hall–Kier alpha value is -2.96. The van der Waals surface area contributed by atoms with Gasteiger partial charge >= 0.3 is 0 Å². The third-order valence-corrected chi connectivity index (χ3v) is 3.63. The summed E-state index contributed by atoms with van der Waals surface area (Å²) in [5.74, 6) is 1.02. The third kappa shape index (κ3) is 5.84. The molecule has 0 aliphatic rings. The molecule has 0 heterocycles. The lowest BCUT2D eigenvalue weighted by molar-refractivity contribution is 0.223. The maximum absolute atomic E-state index is 13.4. The van der Waals surface area contributed by atoms with Gasteiger partial charge in [0.25, 0.3) is 0 Å². The van der Waals surface area contributed by atoms with Crippen LogP contribution in [-0.4, -0.2) is 37.9 Å². The molecule has 2 aromatic carbocycles. The van der Waals surface area contributed by atoms with Gasteiger partial charge in [-0.25, -0.2) is 4.39 Å². The van der Waals surface area contributed by atoms with Crippen molar-refractivity contribution in [2.24, 2.45) is 4.99 Å². The van der Waals surface area contributed by atoms with Crippen molar-refractivity contribution >= 4 is 5.96 Å². The van der Waals surface area contributed by atoms with Crippen LogP contribution < -0.4 is 20.1 Å². The maximum Gasteiger partial charge on any atom is 0.191 e. The van der Waals surface area contributed by atoms with Gasteiger partial charge in [-0.2, -0.15) is 0 Å². The van der Waals surface area contributed by atoms with Crippen molar-refractivity contribution in [1.29, 1.82) is 0 Å². The van der Waals surface area contributed by atoms with E-state index in [0.29, 0.717) is 24.6 Å². The lowest BCUT2D eigenvalue weighted by atomic mass is 10.2. The molecule has 0 aliphatic carbocycles. The highest BCUT2D eigenvalue weighted by atomic mass is 19.1. The molecule has 7 heteroatoms. The van der Waals surface area contributed by atoms with Crippen molar-refractivity contribution in [2.75, 3.05) is 20.7 Å². The number of phenols is 1. The van der Waals surface area contributed by atoms with E-state index in [4.69, 9.17) is 9.47 Å². The summed E-state index contributed by atoms with van der Waals surface area (Å²) in [5.41, 5.74) is 0.698. The maximum atomic E-state index is 13.4. The van der Waals surface area contributed by atoms with Crippen LogP contribution in [-0.2, 0) is 6.54 Å². The van der Waals surface area contributed by atoms with Gasteiger partial charge in [-0.1, -0.05) is 12.1 Å². The molecule has 0 saturated carbocycles. The summed E-state index contributed by atoms with van der Waals surface area (Å²) in [6.45, 7) is 2.85. The molecule has 3 N–H and O–H groups in total. The number of nitrogens with one attached hydrogen (secondary N) is 2. The summed E-state index contributed by atoms with van der Waals surface area (Å²) in [5, 5.41) is 15.5. The molecular weight excluding hydrogens is 337 g/mol. The van der Waals surface area contributed by atoms with E-state index >= 15 is 0 Å². The van der Waals surface area contributed by atoms with Crippen LogP contribution >= 0.6 is 0 Å². The Morgan fingerprint density at radius 1 is 1.19 bits per heavy atom. The van der Waals surface area contributed by atoms with Crippen LogP contribution in [0.3, 0.4) is 0 Å². The van der Waals surface area contributed by atoms with Crippen molar-refractivity contribution in [3.63, 3.8) is 0 Å². The highest BCUT2D eigenvalue weighted by Gasteiger charge is 2.07. The number of rotatable bonds is 7. The molecule has 1 atom stereocenters. The fourth-order valence-corrected chi connectivity index (χ4v) is 2.26. The Balaban J connectivity index is 1.81. The first-order chi connectivity index (χ1) is 12.5. The molecule has 0 saturated heterocycles. The molecule has 140 valence electrons. The van der Waals surface area contributed by atoms with E-state index in [1.165, 1.54) is 12.1 Å². The number of hydrogen-bond donors (Lipinski definition) is 3. The molecule has 26 heavy (non-hydrogen) atoms. The smallest absolute Gasteiger partial charge is 0.191 e. The van der Waals surface area contributed by atoms with Crippen LogP contribution in [0.25, 0.3) is 0 Å². The molecule has 2 rings (SSSR count). The molecule has 0 aliphatic heterocycles. The van der Waals surface area contributed by atoms with Crippen molar-refractivity contribution in [3.8, 4) is 17.2 Å². The Bertz CT molecular complexity index is 753. The summed E-state index contributed by atoms with van der Waals surface area (Å²) in [6.07, 6.45) is -0.105. The molecule has 0 aromatic heterocycles. The minimum absolute atomic E-state index is 0.105. The van der Waals surface area contributed by atoms with Gasteiger partial charge in [-0.15, -0.1) is 0 Å². The number of aliphatic imine (C=N–C) groups is 1. The van der Waals surface area contributed by atoms with Crippen molar-refractivity contribution in [3.05, 3.63) is 53.8 Å². The lowest BCUT2D eigenvalue weighted by Crippen LogP contribution is -2.41. The van der Waals surface area contributed by atoms with Gasteiger partial charge in [0.15, 0.2) is 17.5 Å². The number of guanidine groups is 1. The molecule has 6 nitrogen and oxygen atoms in total. The third-order valence-electron chi connectivity index (χ3n) is 3.63. The van der Waals surface area contributed by atoms with Gasteiger partial charge in [0.05, 0.1) is 13.7 Å². The fraction of sp³-hybridized carbons (Fsp3) is 0.316. The largest absolute Gasteiger partial charge is 0.505 e. The Morgan fingerprint density at radius 2 is 1.96 bits per heavy atom. The summed E-state index contributed by atoms with van der Waals surface area (Å²) < 4.78 is 24.4. The van der Waals surface area contributed by atoms with Gasteiger partial charge in [0, 0.05) is 19.7 Å². The number of phenolic OH excluding ortho intramolecular Hbond substituents is 1. The zero-order valence-corrected chi connectivity index (χ0v) is 15.1. The first kappa shape index (κ1) is 19.4. The van der Waals surface area contributed by atoms with Gasteiger partial charge in [-0.05, 0) is 36.8 Å². The molecule has 0 amide bonds. The fourth-order valence-electron chi connectivity index (χ4n) is 2.26. The average molecular weight is 361 g/mol. The molecule has 1 unspecified atom stereocenters. The second kappa shape index (κ2) is 9.50. The van der Waals surface area contributed by atoms with Crippen LogP contribution in [0.4, 0.5) is 4.39 Å². The highest BCUT2D eigenvalue weighted by Crippen LogP contribution is 2.19. The van der Waals surface area contributed by atoms with Crippen LogP contribution in [0.15, 0.2) is 47.5 Å².